The lowest BCUT2D eigenvalue weighted by Crippen LogP contribution is -2.60. The molecule has 1 saturated heterocycles. The molecule has 0 radical (unpaired) electrons. The first-order chi connectivity index (χ1) is 20.5. The summed E-state index contributed by atoms with van der Waals surface area (Å²) in [5.74, 6) is -1.60. The van der Waals surface area contributed by atoms with Gasteiger partial charge in [0.1, 0.15) is 24.4 Å². The summed E-state index contributed by atoms with van der Waals surface area (Å²) in [5.41, 5.74) is 1.48. The van der Waals surface area contributed by atoms with Crippen LogP contribution in [-0.2, 0) is 31.9 Å². The van der Waals surface area contributed by atoms with Crippen molar-refractivity contribution in [1.82, 2.24) is 0 Å². The van der Waals surface area contributed by atoms with Crippen molar-refractivity contribution in [3.8, 4) is 34.1 Å². The number of unbranched alkanes of at least 4 members (excludes halogenated alkanes) is 1. The van der Waals surface area contributed by atoms with E-state index in [1.807, 2.05) is 6.92 Å². The van der Waals surface area contributed by atoms with Crippen LogP contribution in [0.4, 0.5) is 0 Å². The summed E-state index contributed by atoms with van der Waals surface area (Å²) in [7, 11) is 2.69. The number of carboxylic acids is 1. The van der Waals surface area contributed by atoms with Crippen LogP contribution >= 0.6 is 0 Å². The Bertz CT molecular complexity index is 1250. The van der Waals surface area contributed by atoms with Crippen LogP contribution in [0.2, 0.25) is 0 Å². The van der Waals surface area contributed by atoms with E-state index in [0.717, 1.165) is 12.8 Å². The first kappa shape index (κ1) is 33.9. The molecule has 0 saturated carbocycles. The summed E-state index contributed by atoms with van der Waals surface area (Å²) in [5, 5.41) is 61.2. The second-order valence-electron chi connectivity index (χ2n) is 10.2. The normalized spacial score (nSPS) is 21.7. The van der Waals surface area contributed by atoms with Gasteiger partial charge in [0, 0.05) is 24.0 Å². The fraction of sp³-hybridized carbons (Fsp3) is 0.533. The van der Waals surface area contributed by atoms with Gasteiger partial charge in [-0.3, -0.25) is 9.59 Å². The Labute approximate surface area is 249 Å². The van der Waals surface area contributed by atoms with Crippen molar-refractivity contribution < 1.29 is 63.9 Å². The fourth-order valence-corrected chi connectivity index (χ4v) is 4.63. The molecule has 0 spiro atoms. The highest BCUT2D eigenvalue weighted by atomic mass is 16.7. The number of methoxy groups -OCH3 is 2. The van der Waals surface area contributed by atoms with Crippen molar-refractivity contribution in [2.75, 3.05) is 27.4 Å². The Morgan fingerprint density at radius 3 is 2.12 bits per heavy atom. The molecule has 2 aromatic rings. The molecule has 5 atom stereocenters. The summed E-state index contributed by atoms with van der Waals surface area (Å²) in [6, 6.07) is 6.27. The molecule has 6 N–H and O–H groups in total. The molecule has 0 aliphatic carbocycles. The molecule has 1 fully saturated rings. The summed E-state index contributed by atoms with van der Waals surface area (Å²) in [6.07, 6.45) is -6.07. The van der Waals surface area contributed by atoms with Crippen LogP contribution in [0.25, 0.3) is 11.1 Å². The minimum atomic E-state index is -1.74. The number of ether oxygens (including phenoxy) is 5. The van der Waals surface area contributed by atoms with Crippen LogP contribution < -0.4 is 14.2 Å². The van der Waals surface area contributed by atoms with E-state index in [1.165, 1.54) is 20.3 Å². The first-order valence-corrected chi connectivity index (χ1v) is 14.0. The second-order valence-corrected chi connectivity index (χ2v) is 10.2. The number of aryl methyl sites for hydroxylation is 2. The number of aliphatic hydroxyl groups is 4. The van der Waals surface area contributed by atoms with E-state index < -0.39 is 43.3 Å². The number of carbonyl (C=O) groups is 2. The average Bonchev–Trinajstić information content (AvgIpc) is 2.99. The number of phenols is 1. The smallest absolute Gasteiger partial charge is 0.306 e. The van der Waals surface area contributed by atoms with Crippen LogP contribution in [0.3, 0.4) is 0 Å². The maximum atomic E-state index is 12.2. The van der Waals surface area contributed by atoms with Crippen molar-refractivity contribution in [3.05, 3.63) is 35.4 Å². The quantitative estimate of drug-likeness (QED) is 0.126. The Balaban J connectivity index is 2.10. The first-order valence-electron chi connectivity index (χ1n) is 14.0. The molecule has 0 amide bonds. The number of hydrogen-bond acceptors (Lipinski definition) is 12. The summed E-state index contributed by atoms with van der Waals surface area (Å²) < 4.78 is 27.7. The van der Waals surface area contributed by atoms with Crippen LogP contribution in [0, 0.1) is 0 Å². The Kier molecular flexibility index (Phi) is 12.4. The van der Waals surface area contributed by atoms with Gasteiger partial charge in [-0.2, -0.15) is 0 Å². The van der Waals surface area contributed by atoms with Crippen molar-refractivity contribution in [1.29, 1.82) is 0 Å². The van der Waals surface area contributed by atoms with Gasteiger partial charge in [-0.1, -0.05) is 13.3 Å². The number of carboxylic acid groups (broad SMARTS) is 1. The minimum absolute atomic E-state index is 0.0561. The number of phenolic OH excluding ortho intramolecular Hbond substituents is 1. The maximum Gasteiger partial charge on any atom is 0.306 e. The predicted octanol–water partition coefficient (Wildman–Crippen LogP) is 1.55. The van der Waals surface area contributed by atoms with Crippen LogP contribution in [-0.4, -0.2) is 101 Å². The van der Waals surface area contributed by atoms with Gasteiger partial charge >= 0.3 is 11.9 Å². The number of carbonyl (C=O) groups excluding carboxylic acids is 1. The van der Waals surface area contributed by atoms with Gasteiger partial charge in [0.25, 0.3) is 0 Å². The summed E-state index contributed by atoms with van der Waals surface area (Å²) >= 11 is 0. The SMILES string of the molecule is CCCCOC(=O)CCc1cc(OC)c(O)c(-c2cc(CCC(=O)O)cc(OC)c2O[C@@H]2O[C@H](CO)[C@@H](O)[C@H](O)[C@H]2O)c1. The minimum Gasteiger partial charge on any atom is -0.504 e. The number of esters is 1. The lowest BCUT2D eigenvalue weighted by molar-refractivity contribution is -0.277. The van der Waals surface area contributed by atoms with Gasteiger partial charge in [-0.05, 0) is 54.7 Å². The van der Waals surface area contributed by atoms with Gasteiger partial charge in [-0.15, -0.1) is 0 Å². The average molecular weight is 609 g/mol. The molecule has 13 nitrogen and oxygen atoms in total. The topological polar surface area (TPSA) is 202 Å². The molecule has 0 aromatic heterocycles. The van der Waals surface area contributed by atoms with Crippen molar-refractivity contribution >= 4 is 11.9 Å². The molecule has 43 heavy (non-hydrogen) atoms. The second kappa shape index (κ2) is 15.7. The Hall–Kier alpha value is -3.62. The van der Waals surface area contributed by atoms with E-state index in [0.29, 0.717) is 17.7 Å². The number of aliphatic carboxylic acids is 1. The highest BCUT2D eigenvalue weighted by molar-refractivity contribution is 5.82. The monoisotopic (exact) mass is 608 g/mol. The molecule has 0 unspecified atom stereocenters. The number of aromatic hydroxyl groups is 1. The van der Waals surface area contributed by atoms with E-state index in [9.17, 15) is 40.2 Å². The molecule has 13 heteroatoms. The molecular formula is C30H40O13. The van der Waals surface area contributed by atoms with Crippen LogP contribution in [0.15, 0.2) is 24.3 Å². The van der Waals surface area contributed by atoms with Crippen LogP contribution in [0.1, 0.15) is 43.7 Å². The lowest BCUT2D eigenvalue weighted by atomic mass is 9.95. The van der Waals surface area contributed by atoms with E-state index in [4.69, 9.17) is 23.7 Å². The number of hydrogen-bond donors (Lipinski definition) is 6. The molecule has 238 valence electrons. The number of benzene rings is 2. The van der Waals surface area contributed by atoms with Crippen molar-refractivity contribution in [2.45, 2.75) is 76.2 Å². The predicted molar refractivity (Wildman–Crippen MR) is 151 cm³/mol. The zero-order valence-corrected chi connectivity index (χ0v) is 24.4. The highest BCUT2D eigenvalue weighted by Gasteiger charge is 2.45. The largest absolute Gasteiger partial charge is 0.504 e. The van der Waals surface area contributed by atoms with E-state index >= 15 is 0 Å². The van der Waals surface area contributed by atoms with Crippen molar-refractivity contribution in [3.63, 3.8) is 0 Å². The van der Waals surface area contributed by atoms with E-state index in [2.05, 4.69) is 0 Å². The van der Waals surface area contributed by atoms with E-state index in [-0.39, 0.29) is 65.8 Å². The third-order valence-corrected chi connectivity index (χ3v) is 7.07. The van der Waals surface area contributed by atoms with Gasteiger partial charge < -0.3 is 54.3 Å². The van der Waals surface area contributed by atoms with Gasteiger partial charge in [0.2, 0.25) is 6.29 Å². The van der Waals surface area contributed by atoms with E-state index in [1.54, 1.807) is 18.2 Å². The Morgan fingerprint density at radius 1 is 0.884 bits per heavy atom. The third kappa shape index (κ3) is 8.48. The lowest BCUT2D eigenvalue weighted by Gasteiger charge is -2.40. The Morgan fingerprint density at radius 2 is 1.51 bits per heavy atom. The summed E-state index contributed by atoms with van der Waals surface area (Å²) in [6.45, 7) is 1.63. The molecule has 3 rings (SSSR count). The molecule has 1 aliphatic rings. The number of rotatable bonds is 15. The molecule has 0 bridgehead atoms. The third-order valence-electron chi connectivity index (χ3n) is 7.07. The van der Waals surface area contributed by atoms with Gasteiger partial charge in [-0.25, -0.2) is 0 Å². The zero-order valence-electron chi connectivity index (χ0n) is 24.4. The number of aliphatic hydroxyl groups excluding tert-OH is 4. The van der Waals surface area contributed by atoms with Gasteiger partial charge in [0.15, 0.2) is 23.0 Å². The maximum absolute atomic E-state index is 12.2. The molecular weight excluding hydrogens is 568 g/mol. The zero-order chi connectivity index (χ0) is 31.7. The molecule has 1 aliphatic heterocycles. The highest BCUT2D eigenvalue weighted by Crippen LogP contribution is 2.47. The molecule has 2 aromatic carbocycles. The van der Waals surface area contributed by atoms with Crippen molar-refractivity contribution in [2.24, 2.45) is 0 Å². The standard InChI is InChI=1S/C30H40O13/c1-4-5-10-41-24(34)9-7-17-11-18(25(35)20(13-17)39-2)19-12-16(6-8-23(32)33)14-21(40-3)29(19)43-30-28(38)27(37)26(36)22(15-31)42-30/h11-14,22,26-28,30-31,35-38H,4-10,15H2,1-3H3,(H,32,33)/t22-,26-,27+,28-,30+/m1/s1. The fourth-order valence-electron chi connectivity index (χ4n) is 4.63. The molecule has 1 heterocycles. The van der Waals surface area contributed by atoms with Gasteiger partial charge in [0.05, 0.1) is 27.4 Å². The van der Waals surface area contributed by atoms with Crippen LogP contribution in [0.5, 0.6) is 23.0 Å². The summed E-state index contributed by atoms with van der Waals surface area (Å²) in [4.78, 5) is 23.5.